The molecule has 1 aliphatic heterocycles. The first-order valence-electron chi connectivity index (χ1n) is 10.6. The van der Waals surface area contributed by atoms with E-state index < -0.39 is 22.0 Å². The van der Waals surface area contributed by atoms with Gasteiger partial charge in [0.2, 0.25) is 10.0 Å². The van der Waals surface area contributed by atoms with Crippen LogP contribution < -0.4 is 10.0 Å². The van der Waals surface area contributed by atoms with E-state index in [1.807, 2.05) is 0 Å². The zero-order chi connectivity index (χ0) is 24.6. The Morgan fingerprint density at radius 2 is 2.03 bits per heavy atom. The summed E-state index contributed by atoms with van der Waals surface area (Å²) < 4.78 is 38.5. The number of hydrogen-bond donors (Lipinski definition) is 3. The highest BCUT2D eigenvalue weighted by Gasteiger charge is 2.23. The molecule has 11 nitrogen and oxygen atoms in total. The molecule has 0 saturated carbocycles. The van der Waals surface area contributed by atoms with Crippen molar-refractivity contribution in [3.05, 3.63) is 40.9 Å². The summed E-state index contributed by atoms with van der Waals surface area (Å²) >= 11 is 1.25. The third kappa shape index (κ3) is 7.29. The van der Waals surface area contributed by atoms with Gasteiger partial charge in [0, 0.05) is 38.1 Å². The molecule has 0 unspecified atom stereocenters. The first-order chi connectivity index (χ1) is 16.3. The quantitative estimate of drug-likeness (QED) is 0.303. The van der Waals surface area contributed by atoms with Crippen LogP contribution in [0.4, 0.5) is 5.13 Å². The zero-order valence-corrected chi connectivity index (χ0v) is 20.5. The Balaban J connectivity index is 1.79. The van der Waals surface area contributed by atoms with Crippen LogP contribution in [0, 0.1) is 0 Å². The molecule has 0 bridgehead atoms. The van der Waals surface area contributed by atoms with E-state index in [1.165, 1.54) is 35.6 Å². The third-order valence-corrected chi connectivity index (χ3v) is 7.26. The van der Waals surface area contributed by atoms with Crippen LogP contribution in [-0.4, -0.2) is 69.2 Å². The molecule has 13 heteroatoms. The van der Waals surface area contributed by atoms with Crippen molar-refractivity contribution in [3.63, 3.8) is 0 Å². The Morgan fingerprint density at radius 1 is 1.32 bits per heavy atom. The summed E-state index contributed by atoms with van der Waals surface area (Å²) in [5.41, 5.74) is 0.242. The maximum atomic E-state index is 12.9. The summed E-state index contributed by atoms with van der Waals surface area (Å²) in [7, 11) is -2.17. The number of nitrogens with zero attached hydrogens (tertiary/aromatic N) is 2. The fourth-order valence-corrected chi connectivity index (χ4v) is 5.11. The van der Waals surface area contributed by atoms with Crippen molar-refractivity contribution in [2.75, 3.05) is 32.2 Å². The van der Waals surface area contributed by atoms with E-state index in [1.54, 1.807) is 20.2 Å². The molecule has 1 aromatic carbocycles. The van der Waals surface area contributed by atoms with E-state index in [-0.39, 0.29) is 23.3 Å². The predicted octanol–water partition coefficient (Wildman–Crippen LogP) is 1.49. The van der Waals surface area contributed by atoms with E-state index in [9.17, 15) is 18.3 Å². The molecule has 0 radical (unpaired) electrons. The Morgan fingerprint density at radius 3 is 2.68 bits per heavy atom. The molecular formula is C21H28N4O7S2. The van der Waals surface area contributed by atoms with Gasteiger partial charge in [0.15, 0.2) is 10.8 Å². The average Bonchev–Trinajstić information content (AvgIpc) is 3.26. The SMILES string of the molecule is COCc1cnc(NC(=O)/C(=N/O[C@H](C)CO)c2ccc(S(=O)(=O)NC3CCOCC3)cc2)s1. The van der Waals surface area contributed by atoms with E-state index in [0.29, 0.717) is 43.4 Å². The van der Waals surface area contributed by atoms with Crippen molar-refractivity contribution < 1.29 is 32.6 Å². The van der Waals surface area contributed by atoms with Gasteiger partial charge < -0.3 is 19.4 Å². The molecule has 1 atom stereocenters. The summed E-state index contributed by atoms with van der Waals surface area (Å²) in [6, 6.07) is 5.56. The lowest BCUT2D eigenvalue weighted by Crippen LogP contribution is -2.38. The number of sulfonamides is 1. The van der Waals surface area contributed by atoms with E-state index in [4.69, 9.17) is 14.3 Å². The summed E-state index contributed by atoms with van der Waals surface area (Å²) in [5.74, 6) is -0.598. The number of nitrogens with one attached hydrogen (secondary N) is 2. The van der Waals surface area contributed by atoms with Gasteiger partial charge in [-0.25, -0.2) is 18.1 Å². The van der Waals surface area contributed by atoms with Crippen molar-refractivity contribution in [1.29, 1.82) is 0 Å². The molecule has 0 spiro atoms. The van der Waals surface area contributed by atoms with Gasteiger partial charge in [0.25, 0.3) is 5.91 Å². The van der Waals surface area contributed by atoms with Crippen LogP contribution in [0.25, 0.3) is 0 Å². The summed E-state index contributed by atoms with van der Waals surface area (Å²) in [5, 5.41) is 16.1. The first-order valence-corrected chi connectivity index (χ1v) is 12.9. The minimum Gasteiger partial charge on any atom is -0.392 e. The molecular weight excluding hydrogens is 484 g/mol. The van der Waals surface area contributed by atoms with Crippen molar-refractivity contribution >= 4 is 38.1 Å². The number of methoxy groups -OCH3 is 1. The summed E-state index contributed by atoms with van der Waals surface area (Å²) in [6.45, 7) is 2.69. The van der Waals surface area contributed by atoms with Crippen molar-refractivity contribution in [1.82, 2.24) is 9.71 Å². The van der Waals surface area contributed by atoms with Gasteiger partial charge in [0.1, 0.15) is 6.10 Å². The maximum absolute atomic E-state index is 12.9. The standard InChI is InChI=1S/C21H28N4O7S2/c1-14(12-26)32-24-19(20(27)23-21-22-11-17(33-21)13-30-2)15-3-5-18(6-4-15)34(28,29)25-16-7-9-31-10-8-16/h3-6,11,14,16,25-26H,7-10,12-13H2,1-2H3,(H,22,23,27)/b24-19+/t14-/m1/s1. The topological polar surface area (TPSA) is 148 Å². The second-order valence-corrected chi connectivity index (χ2v) is 10.4. The number of oxime groups is 1. The number of hydrogen-bond acceptors (Lipinski definition) is 10. The van der Waals surface area contributed by atoms with Gasteiger partial charge >= 0.3 is 0 Å². The third-order valence-electron chi connectivity index (χ3n) is 4.84. The minimum absolute atomic E-state index is 0.0660. The molecule has 3 rings (SSSR count). The van der Waals surface area contributed by atoms with Crippen molar-refractivity contribution in [2.45, 2.75) is 43.4 Å². The Hall–Kier alpha value is -2.42. The van der Waals surface area contributed by atoms with Crippen LogP contribution in [0.15, 0.2) is 40.5 Å². The maximum Gasteiger partial charge on any atom is 0.280 e. The minimum atomic E-state index is -3.73. The van der Waals surface area contributed by atoms with Gasteiger partial charge in [-0.2, -0.15) is 0 Å². The fraction of sp³-hybridized carbons (Fsp3) is 0.476. The average molecular weight is 513 g/mol. The van der Waals surface area contributed by atoms with Crippen molar-refractivity contribution in [2.24, 2.45) is 5.16 Å². The highest BCUT2D eigenvalue weighted by Crippen LogP contribution is 2.20. The Bertz CT molecular complexity index is 1080. The number of amides is 1. The number of carbonyl (C=O) groups is 1. The molecule has 0 aliphatic carbocycles. The number of thiazole rings is 1. The van der Waals surface area contributed by atoms with Gasteiger partial charge in [-0.15, -0.1) is 0 Å². The molecule has 1 amide bonds. The van der Waals surface area contributed by atoms with Gasteiger partial charge in [0.05, 0.1) is 23.0 Å². The normalized spacial score (nSPS) is 16.3. The number of aromatic nitrogens is 1. The number of aliphatic hydroxyl groups is 1. The van der Waals surface area contributed by atoms with Gasteiger partial charge in [-0.05, 0) is 31.9 Å². The lowest BCUT2D eigenvalue weighted by molar-refractivity contribution is -0.110. The number of rotatable bonds is 11. The second kappa shape index (κ2) is 12.3. The lowest BCUT2D eigenvalue weighted by atomic mass is 10.1. The molecule has 34 heavy (non-hydrogen) atoms. The number of benzene rings is 1. The van der Waals surface area contributed by atoms with Crippen LogP contribution in [0.1, 0.15) is 30.2 Å². The molecule has 1 aromatic heterocycles. The number of anilines is 1. The number of aliphatic hydroxyl groups excluding tert-OH is 1. The molecule has 1 fully saturated rings. The zero-order valence-electron chi connectivity index (χ0n) is 18.9. The van der Waals surface area contributed by atoms with Crippen LogP contribution in [0.5, 0.6) is 0 Å². The van der Waals surface area contributed by atoms with Crippen LogP contribution in [0.2, 0.25) is 0 Å². The van der Waals surface area contributed by atoms with Crippen molar-refractivity contribution in [3.8, 4) is 0 Å². The molecule has 3 N–H and O–H groups in total. The molecule has 1 aliphatic rings. The van der Waals surface area contributed by atoms with Crippen LogP contribution >= 0.6 is 11.3 Å². The number of carbonyl (C=O) groups excluding carboxylic acids is 1. The van der Waals surface area contributed by atoms with E-state index in [2.05, 4.69) is 20.2 Å². The fourth-order valence-electron chi connectivity index (χ4n) is 3.03. The molecule has 2 heterocycles. The van der Waals surface area contributed by atoms with Gasteiger partial charge in [-0.1, -0.05) is 28.6 Å². The van der Waals surface area contributed by atoms with E-state index in [0.717, 1.165) is 4.88 Å². The summed E-state index contributed by atoms with van der Waals surface area (Å²) in [4.78, 5) is 23.2. The van der Waals surface area contributed by atoms with E-state index >= 15 is 0 Å². The first kappa shape index (κ1) is 26.2. The number of ether oxygens (including phenoxy) is 2. The Kier molecular flexibility index (Phi) is 9.50. The van der Waals surface area contributed by atoms with Crippen LogP contribution in [-0.2, 0) is 35.7 Å². The molecule has 186 valence electrons. The monoisotopic (exact) mass is 512 g/mol. The molecule has 2 aromatic rings. The highest BCUT2D eigenvalue weighted by atomic mass is 32.2. The largest absolute Gasteiger partial charge is 0.392 e. The smallest absolute Gasteiger partial charge is 0.280 e. The van der Waals surface area contributed by atoms with Gasteiger partial charge in [-0.3, -0.25) is 10.1 Å². The lowest BCUT2D eigenvalue weighted by Gasteiger charge is -2.23. The second-order valence-electron chi connectivity index (χ2n) is 7.59. The molecule has 1 saturated heterocycles. The predicted molar refractivity (Wildman–Crippen MR) is 126 cm³/mol. The van der Waals surface area contributed by atoms with Crippen LogP contribution in [0.3, 0.4) is 0 Å². The Labute approximate surface area is 202 Å². The highest BCUT2D eigenvalue weighted by molar-refractivity contribution is 7.89. The summed E-state index contributed by atoms with van der Waals surface area (Å²) in [6.07, 6.45) is 2.17.